The van der Waals surface area contributed by atoms with Gasteiger partial charge in [-0.05, 0) is 19.2 Å². The Hall–Kier alpha value is -3.21. The van der Waals surface area contributed by atoms with Crippen LogP contribution in [0.5, 0.6) is 0 Å². The molecule has 3 heterocycles. The fourth-order valence-electron chi connectivity index (χ4n) is 4.24. The molecule has 0 saturated heterocycles. The standard InChI is InChI=1S/C24H17N5.Ir/c1-16-26-27-23(17-9-3-2-4-10-17)28(16)22-15-25-24-20-13-6-5-11-18(20)19-12-7-8-14-21(19)29(22)24;/h2-12,14-15,24H,1H3;/q-2;. The minimum Gasteiger partial charge on any atom is -0.666 e. The molecule has 6 rings (SSSR count). The van der Waals surface area contributed by atoms with Crippen LogP contribution in [0.15, 0.2) is 79.0 Å². The second-order valence-electron chi connectivity index (χ2n) is 7.17. The molecule has 2 aliphatic heterocycles. The molecule has 0 bridgehead atoms. The maximum absolute atomic E-state index is 4.87. The molecule has 0 saturated carbocycles. The molecule has 1 atom stereocenters. The van der Waals surface area contributed by atoms with Crippen LogP contribution in [0.25, 0.3) is 33.7 Å². The Morgan fingerprint density at radius 3 is 2.53 bits per heavy atom. The van der Waals surface area contributed by atoms with Gasteiger partial charge in [-0.25, -0.2) is 0 Å². The molecule has 6 heteroatoms. The molecule has 149 valence electrons. The molecule has 2 aliphatic rings. The number of para-hydroxylation sites is 1. The number of nitrogens with zero attached hydrogens (tertiary/aromatic N) is 5. The zero-order valence-electron chi connectivity index (χ0n) is 16.2. The van der Waals surface area contributed by atoms with Gasteiger partial charge in [-0.3, -0.25) is 4.57 Å². The van der Waals surface area contributed by atoms with Gasteiger partial charge in [0.15, 0.2) is 5.82 Å². The van der Waals surface area contributed by atoms with E-state index in [1.54, 1.807) is 0 Å². The molecule has 30 heavy (non-hydrogen) atoms. The number of benzene rings is 3. The average molecular weight is 568 g/mol. The van der Waals surface area contributed by atoms with Crippen molar-refractivity contribution in [2.24, 2.45) is 0 Å². The maximum Gasteiger partial charge on any atom is 0.169 e. The van der Waals surface area contributed by atoms with Crippen molar-refractivity contribution in [2.75, 3.05) is 4.90 Å². The normalized spacial score (nSPS) is 16.0. The minimum atomic E-state index is -0.137. The topological polar surface area (TPSA) is 48.1 Å². The van der Waals surface area contributed by atoms with Gasteiger partial charge in [-0.15, -0.1) is 27.5 Å². The molecule has 5 nitrogen and oxygen atoms in total. The third-order valence-electron chi connectivity index (χ3n) is 5.51. The molecular formula is C24H17IrN5-2. The second-order valence-corrected chi connectivity index (χ2v) is 7.17. The van der Waals surface area contributed by atoms with Gasteiger partial charge in [-0.1, -0.05) is 54.1 Å². The van der Waals surface area contributed by atoms with Crippen molar-refractivity contribution >= 4 is 11.5 Å². The first-order chi connectivity index (χ1) is 14.3. The fourth-order valence-corrected chi connectivity index (χ4v) is 4.24. The Morgan fingerprint density at radius 1 is 0.900 bits per heavy atom. The van der Waals surface area contributed by atoms with Crippen LogP contribution in [0.2, 0.25) is 0 Å². The third-order valence-corrected chi connectivity index (χ3v) is 5.51. The molecule has 1 radical (unpaired) electrons. The van der Waals surface area contributed by atoms with E-state index < -0.39 is 0 Å². The first-order valence-electron chi connectivity index (χ1n) is 9.60. The number of hydrogen-bond donors (Lipinski definition) is 0. The molecule has 3 aromatic carbocycles. The van der Waals surface area contributed by atoms with Crippen molar-refractivity contribution in [1.82, 2.24) is 14.8 Å². The van der Waals surface area contributed by atoms with Crippen molar-refractivity contribution in [3.63, 3.8) is 0 Å². The van der Waals surface area contributed by atoms with Crippen LogP contribution < -0.4 is 4.90 Å². The molecule has 1 unspecified atom stereocenters. The first-order valence-corrected chi connectivity index (χ1v) is 9.60. The van der Waals surface area contributed by atoms with Crippen molar-refractivity contribution < 1.29 is 20.1 Å². The van der Waals surface area contributed by atoms with Gasteiger partial charge in [0, 0.05) is 31.4 Å². The minimum absolute atomic E-state index is 0. The Bertz CT molecular complexity index is 1260. The molecule has 0 amide bonds. The smallest absolute Gasteiger partial charge is 0.169 e. The van der Waals surface area contributed by atoms with Crippen molar-refractivity contribution in [2.45, 2.75) is 13.1 Å². The van der Waals surface area contributed by atoms with Gasteiger partial charge in [0.2, 0.25) is 0 Å². The van der Waals surface area contributed by atoms with Gasteiger partial charge < -0.3 is 10.2 Å². The van der Waals surface area contributed by atoms with E-state index in [2.05, 4.69) is 68.2 Å². The van der Waals surface area contributed by atoms with Crippen LogP contribution in [0.3, 0.4) is 0 Å². The zero-order valence-corrected chi connectivity index (χ0v) is 18.5. The van der Waals surface area contributed by atoms with Gasteiger partial charge in [0.1, 0.15) is 5.82 Å². The van der Waals surface area contributed by atoms with Crippen LogP contribution in [0.4, 0.5) is 5.69 Å². The van der Waals surface area contributed by atoms with Crippen LogP contribution in [0, 0.1) is 13.0 Å². The molecule has 0 fully saturated rings. The number of aromatic nitrogens is 3. The molecule has 0 N–H and O–H groups in total. The molecule has 0 spiro atoms. The Labute approximate surface area is 188 Å². The Balaban J connectivity index is 0.00000193. The molecule has 0 aliphatic carbocycles. The van der Waals surface area contributed by atoms with E-state index in [-0.39, 0.29) is 26.3 Å². The summed E-state index contributed by atoms with van der Waals surface area (Å²) in [5, 5.41) is 13.7. The molecule has 4 aromatic rings. The van der Waals surface area contributed by atoms with Gasteiger partial charge >= 0.3 is 0 Å². The van der Waals surface area contributed by atoms with Crippen LogP contribution in [-0.2, 0) is 20.1 Å². The van der Waals surface area contributed by atoms with E-state index in [0.29, 0.717) is 0 Å². The SMILES string of the molecule is Cc1nnc(-c2ccccc2)n1C1=C[N-]C2c3[c-]cccc3-c3ccccc3N12.[Ir]. The van der Waals surface area contributed by atoms with Crippen LogP contribution >= 0.6 is 0 Å². The van der Waals surface area contributed by atoms with E-state index in [4.69, 9.17) is 5.32 Å². The fraction of sp³-hybridized carbons (Fsp3) is 0.0833. The summed E-state index contributed by atoms with van der Waals surface area (Å²) in [7, 11) is 0. The summed E-state index contributed by atoms with van der Waals surface area (Å²) < 4.78 is 2.09. The maximum atomic E-state index is 4.87. The summed E-state index contributed by atoms with van der Waals surface area (Å²) in [5.41, 5.74) is 5.61. The van der Waals surface area contributed by atoms with E-state index >= 15 is 0 Å². The summed E-state index contributed by atoms with van der Waals surface area (Å²) in [6.07, 6.45) is 1.79. The predicted octanol–water partition coefficient (Wildman–Crippen LogP) is 5.38. The molecular weight excluding hydrogens is 551 g/mol. The number of rotatable bonds is 2. The summed E-state index contributed by atoms with van der Waals surface area (Å²) >= 11 is 0. The number of anilines is 1. The average Bonchev–Trinajstić information content (AvgIpc) is 3.38. The quantitative estimate of drug-likeness (QED) is 0.306. The summed E-state index contributed by atoms with van der Waals surface area (Å²) in [5.74, 6) is 2.59. The number of hydrogen-bond acceptors (Lipinski definition) is 3. The van der Waals surface area contributed by atoms with Crippen molar-refractivity contribution in [1.29, 1.82) is 0 Å². The Kier molecular flexibility index (Phi) is 4.54. The van der Waals surface area contributed by atoms with E-state index in [0.717, 1.165) is 34.3 Å². The monoisotopic (exact) mass is 568 g/mol. The van der Waals surface area contributed by atoms with E-state index in [9.17, 15) is 0 Å². The third kappa shape index (κ3) is 2.65. The van der Waals surface area contributed by atoms with Crippen LogP contribution in [-0.4, -0.2) is 14.8 Å². The number of fused-ring (bicyclic) bond motifs is 6. The van der Waals surface area contributed by atoms with Crippen molar-refractivity contribution in [3.05, 3.63) is 102 Å². The summed E-state index contributed by atoms with van der Waals surface area (Å²) in [6.45, 7) is 1.98. The predicted molar refractivity (Wildman–Crippen MR) is 114 cm³/mol. The van der Waals surface area contributed by atoms with Gasteiger partial charge in [0.05, 0.1) is 5.82 Å². The molecule has 1 aromatic heterocycles. The second kappa shape index (κ2) is 7.24. The van der Waals surface area contributed by atoms with E-state index in [1.165, 1.54) is 11.1 Å². The van der Waals surface area contributed by atoms with Crippen molar-refractivity contribution in [3.8, 4) is 22.5 Å². The first kappa shape index (κ1) is 18.8. The van der Waals surface area contributed by atoms with Gasteiger partial charge in [-0.2, -0.15) is 24.3 Å². The van der Waals surface area contributed by atoms with E-state index in [1.807, 2.05) is 43.5 Å². The van der Waals surface area contributed by atoms with Crippen LogP contribution in [0.1, 0.15) is 17.6 Å². The zero-order chi connectivity index (χ0) is 19.4. The number of aryl methyl sites for hydroxylation is 1. The largest absolute Gasteiger partial charge is 0.666 e. The Morgan fingerprint density at radius 2 is 1.67 bits per heavy atom. The summed E-state index contributed by atoms with van der Waals surface area (Å²) in [4.78, 5) is 2.26. The summed E-state index contributed by atoms with van der Waals surface area (Å²) in [6, 6.07) is 28.1. The van der Waals surface area contributed by atoms with Gasteiger partial charge in [0.25, 0.3) is 0 Å².